The van der Waals surface area contributed by atoms with Gasteiger partial charge in [0.2, 0.25) is 0 Å². The van der Waals surface area contributed by atoms with E-state index in [9.17, 15) is 14.5 Å². The van der Waals surface area contributed by atoms with Crippen LogP contribution in [0.1, 0.15) is 11.4 Å². The molecule has 0 fully saturated rings. The molecule has 0 atom stereocenters. The van der Waals surface area contributed by atoms with Crippen LogP contribution in [0.4, 0.5) is 4.39 Å². The fourth-order valence-corrected chi connectivity index (χ4v) is 2.71. The zero-order valence-corrected chi connectivity index (χ0v) is 12.8. The number of hydrogen-bond donors (Lipinski definition) is 0. The van der Waals surface area contributed by atoms with Crippen LogP contribution in [0.3, 0.4) is 0 Å². The van der Waals surface area contributed by atoms with Crippen LogP contribution in [-0.4, -0.2) is 4.73 Å². The van der Waals surface area contributed by atoms with Crippen molar-refractivity contribution in [3.05, 3.63) is 81.9 Å². The van der Waals surface area contributed by atoms with Crippen molar-refractivity contribution in [2.75, 3.05) is 0 Å². The zero-order chi connectivity index (χ0) is 16.6. The third-order valence-corrected chi connectivity index (χ3v) is 3.87. The topological polar surface area (TPSA) is 51.0 Å². The second-order valence-electron chi connectivity index (χ2n) is 5.33. The minimum Gasteiger partial charge on any atom is -0.805 e. The maximum Gasteiger partial charge on any atom is 0.289 e. The summed E-state index contributed by atoms with van der Waals surface area (Å²) in [6.45, 7) is 3.20. The van der Waals surface area contributed by atoms with Gasteiger partial charge in [-0.1, -0.05) is 18.2 Å². The Morgan fingerprint density at radius 1 is 0.870 bits per heavy atom. The molecule has 0 saturated heterocycles. The van der Waals surface area contributed by atoms with Crippen LogP contribution in [0.2, 0.25) is 0 Å². The SMILES string of the molecule is Cc1c(-c2ccccc2)[n+](=O)c(-c2ccc(F)cc2)c(C)n1[O-]. The zero-order valence-electron chi connectivity index (χ0n) is 12.8. The molecule has 0 radical (unpaired) electrons. The summed E-state index contributed by atoms with van der Waals surface area (Å²) in [5.74, 6) is -0.394. The Hall–Kier alpha value is -2.95. The lowest BCUT2D eigenvalue weighted by Gasteiger charge is -2.19. The van der Waals surface area contributed by atoms with Gasteiger partial charge in [0.25, 0.3) is 11.4 Å². The standard InChI is InChI=1S/C18H15FN2O2/c1-12-17(14-6-4-3-5-7-14)21(23)18(13(2)20(12)22)15-8-10-16(19)11-9-15/h3-11H,1-2H3. The number of hydrogen-bond acceptors (Lipinski definition) is 2. The van der Waals surface area contributed by atoms with Gasteiger partial charge in [-0.15, -0.1) is 0 Å². The number of aromatic nitrogens is 2. The monoisotopic (exact) mass is 310 g/mol. The van der Waals surface area contributed by atoms with Gasteiger partial charge in [-0.25, -0.2) is 4.39 Å². The molecule has 116 valence electrons. The Labute approximate surface area is 132 Å². The van der Waals surface area contributed by atoms with Crippen LogP contribution in [0.5, 0.6) is 0 Å². The Balaban J connectivity index is 2.36. The minimum atomic E-state index is -0.394. The van der Waals surface area contributed by atoms with E-state index in [4.69, 9.17) is 0 Å². The molecule has 0 N–H and O–H groups in total. The summed E-state index contributed by atoms with van der Waals surface area (Å²) in [7, 11) is 0. The highest BCUT2D eigenvalue weighted by Gasteiger charge is 2.26. The van der Waals surface area contributed by atoms with Crippen molar-refractivity contribution in [1.29, 1.82) is 0 Å². The van der Waals surface area contributed by atoms with Gasteiger partial charge in [0.05, 0.1) is 26.9 Å². The van der Waals surface area contributed by atoms with E-state index in [-0.39, 0.29) is 11.4 Å². The van der Waals surface area contributed by atoms with Crippen LogP contribution in [-0.2, 0) is 0 Å². The first-order chi connectivity index (χ1) is 11.0. The lowest BCUT2D eigenvalue weighted by atomic mass is 10.1. The van der Waals surface area contributed by atoms with Crippen molar-refractivity contribution in [1.82, 2.24) is 4.73 Å². The molecule has 4 nitrogen and oxygen atoms in total. The Bertz CT molecular complexity index is 916. The number of nitrogens with zero attached hydrogens (tertiary/aromatic N) is 2. The largest absolute Gasteiger partial charge is 0.805 e. The van der Waals surface area contributed by atoms with Gasteiger partial charge in [0, 0.05) is 4.91 Å². The molecule has 3 rings (SSSR count). The highest BCUT2D eigenvalue weighted by molar-refractivity contribution is 5.64. The smallest absolute Gasteiger partial charge is 0.289 e. The highest BCUT2D eigenvalue weighted by Crippen LogP contribution is 2.25. The predicted molar refractivity (Wildman–Crippen MR) is 86.9 cm³/mol. The molecular formula is C18H15FN2O2. The van der Waals surface area contributed by atoms with E-state index in [1.807, 2.05) is 6.07 Å². The molecule has 0 spiro atoms. The molecule has 23 heavy (non-hydrogen) atoms. The molecule has 2 aromatic carbocycles. The van der Waals surface area contributed by atoms with Gasteiger partial charge in [0.15, 0.2) is 0 Å². The Kier molecular flexibility index (Phi) is 3.70. The number of benzene rings is 2. The van der Waals surface area contributed by atoms with Crippen LogP contribution in [0, 0.1) is 29.8 Å². The van der Waals surface area contributed by atoms with Gasteiger partial charge in [0.1, 0.15) is 5.82 Å². The van der Waals surface area contributed by atoms with Crippen molar-refractivity contribution in [3.8, 4) is 22.5 Å². The molecule has 5 heteroatoms. The summed E-state index contributed by atoms with van der Waals surface area (Å²) in [4.78, 5) is 12.9. The van der Waals surface area contributed by atoms with Crippen molar-refractivity contribution in [3.63, 3.8) is 0 Å². The van der Waals surface area contributed by atoms with Gasteiger partial charge in [-0.3, -0.25) is 0 Å². The highest BCUT2D eigenvalue weighted by atomic mass is 19.1. The number of rotatable bonds is 2. The van der Waals surface area contributed by atoms with Crippen molar-refractivity contribution in [2.45, 2.75) is 13.8 Å². The molecule has 0 saturated carbocycles. The lowest BCUT2D eigenvalue weighted by Crippen LogP contribution is -2.27. The minimum absolute atomic E-state index is 0.226. The predicted octanol–water partition coefficient (Wildman–Crippen LogP) is 3.84. The summed E-state index contributed by atoms with van der Waals surface area (Å²) in [5.41, 5.74) is 2.29. The molecule has 0 aliphatic heterocycles. The molecular weight excluding hydrogens is 295 g/mol. The third-order valence-electron chi connectivity index (χ3n) is 3.87. The third kappa shape index (κ3) is 2.50. The summed E-state index contributed by atoms with van der Waals surface area (Å²) < 4.78 is 14.6. The molecule has 0 aliphatic carbocycles. The molecule has 1 aromatic heterocycles. The summed E-state index contributed by atoms with van der Waals surface area (Å²) in [6, 6.07) is 14.5. The lowest BCUT2D eigenvalue weighted by molar-refractivity contribution is -0.471. The average Bonchev–Trinajstić information content (AvgIpc) is 2.56. The van der Waals surface area contributed by atoms with Gasteiger partial charge in [-0.2, -0.15) is 0 Å². The maximum atomic E-state index is 13.1. The van der Waals surface area contributed by atoms with Crippen LogP contribution in [0.25, 0.3) is 22.5 Å². The van der Waals surface area contributed by atoms with E-state index >= 15 is 0 Å². The average molecular weight is 310 g/mol. The fourth-order valence-electron chi connectivity index (χ4n) is 2.71. The first-order valence-corrected chi connectivity index (χ1v) is 7.18. The fraction of sp³-hybridized carbons (Fsp3) is 0.111. The molecule has 3 aromatic rings. The van der Waals surface area contributed by atoms with E-state index < -0.39 is 5.82 Å². The summed E-state index contributed by atoms with van der Waals surface area (Å²) in [5, 5.41) is 12.5. The van der Waals surface area contributed by atoms with Crippen LogP contribution in [0.15, 0.2) is 54.6 Å². The second-order valence-corrected chi connectivity index (χ2v) is 5.33. The number of halogens is 1. The maximum absolute atomic E-state index is 13.1. The molecule has 0 unspecified atom stereocenters. The van der Waals surface area contributed by atoms with Gasteiger partial charge >= 0.3 is 0 Å². The molecule has 0 bridgehead atoms. The molecule has 0 aliphatic rings. The first-order valence-electron chi connectivity index (χ1n) is 7.18. The second kappa shape index (κ2) is 5.68. The van der Waals surface area contributed by atoms with Crippen LogP contribution < -0.4 is 4.43 Å². The van der Waals surface area contributed by atoms with Gasteiger partial charge < -0.3 is 9.94 Å². The summed E-state index contributed by atoms with van der Waals surface area (Å²) >= 11 is 0. The van der Waals surface area contributed by atoms with Crippen molar-refractivity contribution >= 4 is 0 Å². The van der Waals surface area contributed by atoms with Crippen LogP contribution >= 0.6 is 0 Å². The van der Waals surface area contributed by atoms with E-state index in [0.29, 0.717) is 22.5 Å². The van der Waals surface area contributed by atoms with E-state index in [2.05, 4.69) is 0 Å². The van der Waals surface area contributed by atoms with Gasteiger partial charge in [-0.05, 0) is 50.2 Å². The Morgan fingerprint density at radius 2 is 1.35 bits per heavy atom. The van der Waals surface area contributed by atoms with Crippen molar-refractivity contribution in [2.24, 2.45) is 0 Å². The quantitative estimate of drug-likeness (QED) is 0.675. The van der Waals surface area contributed by atoms with Crippen molar-refractivity contribution < 1.29 is 8.82 Å². The van der Waals surface area contributed by atoms with E-state index in [1.165, 1.54) is 24.3 Å². The van der Waals surface area contributed by atoms with E-state index in [1.54, 1.807) is 38.1 Å². The summed E-state index contributed by atoms with van der Waals surface area (Å²) in [6.07, 6.45) is 0. The molecule has 1 heterocycles. The molecule has 0 amide bonds. The normalized spacial score (nSPS) is 10.7. The first kappa shape index (κ1) is 15.0. The van der Waals surface area contributed by atoms with E-state index in [0.717, 1.165) is 9.16 Å². The Morgan fingerprint density at radius 3 is 1.87 bits per heavy atom.